The maximum Gasteiger partial charge on any atom is 0.244 e. The standard InChI is InChI=1S/C10H13N5O2/c1-15-5-11-4-8(15)9-13-10(17-14-9)7-2-6(16)3-12-7/h4-7,12,16H,2-3H2,1H3/t6-,7-/m0/s1. The summed E-state index contributed by atoms with van der Waals surface area (Å²) in [6, 6.07) is -0.0560. The molecule has 0 radical (unpaired) electrons. The molecule has 90 valence electrons. The first-order chi connectivity index (χ1) is 8.24. The van der Waals surface area contributed by atoms with Gasteiger partial charge in [-0.15, -0.1) is 0 Å². The van der Waals surface area contributed by atoms with E-state index in [2.05, 4.69) is 20.4 Å². The van der Waals surface area contributed by atoms with Gasteiger partial charge in [0.1, 0.15) is 5.69 Å². The summed E-state index contributed by atoms with van der Waals surface area (Å²) in [6.07, 6.45) is 3.63. The predicted molar refractivity (Wildman–Crippen MR) is 57.9 cm³/mol. The van der Waals surface area contributed by atoms with Gasteiger partial charge in [-0.1, -0.05) is 5.16 Å². The molecule has 0 spiro atoms. The van der Waals surface area contributed by atoms with Crippen molar-refractivity contribution in [1.29, 1.82) is 0 Å². The number of aryl methyl sites for hydroxylation is 1. The first-order valence-electron chi connectivity index (χ1n) is 5.46. The van der Waals surface area contributed by atoms with E-state index in [1.807, 2.05) is 11.6 Å². The topological polar surface area (TPSA) is 89.0 Å². The molecule has 1 aliphatic rings. The van der Waals surface area contributed by atoms with Gasteiger partial charge in [0.15, 0.2) is 0 Å². The number of rotatable bonds is 2. The second-order valence-electron chi connectivity index (χ2n) is 4.20. The fraction of sp³-hybridized carbons (Fsp3) is 0.500. The molecule has 0 aromatic carbocycles. The van der Waals surface area contributed by atoms with Crippen molar-refractivity contribution < 1.29 is 9.63 Å². The van der Waals surface area contributed by atoms with Crippen molar-refractivity contribution in [1.82, 2.24) is 25.0 Å². The number of β-amino-alcohol motifs (C(OH)–C–C–N with tert-alkyl or cyclic N) is 1. The molecule has 2 N–H and O–H groups in total. The van der Waals surface area contributed by atoms with Crippen LogP contribution in [-0.2, 0) is 7.05 Å². The van der Waals surface area contributed by atoms with Crippen molar-refractivity contribution in [2.24, 2.45) is 7.05 Å². The van der Waals surface area contributed by atoms with Gasteiger partial charge >= 0.3 is 0 Å². The summed E-state index contributed by atoms with van der Waals surface area (Å²) >= 11 is 0. The Bertz CT molecular complexity index is 520. The lowest BCUT2D eigenvalue weighted by Gasteiger charge is -2.01. The average Bonchev–Trinajstić information content (AvgIpc) is 2.97. The lowest BCUT2D eigenvalue weighted by molar-refractivity contribution is 0.191. The Kier molecular flexibility index (Phi) is 2.41. The second kappa shape index (κ2) is 3.94. The van der Waals surface area contributed by atoms with Gasteiger partial charge < -0.3 is 19.5 Å². The normalized spacial score (nSPS) is 24.4. The Morgan fingerprint density at radius 3 is 3.12 bits per heavy atom. The molecule has 0 amide bonds. The quantitative estimate of drug-likeness (QED) is 0.753. The fourth-order valence-corrected chi connectivity index (χ4v) is 1.96. The van der Waals surface area contributed by atoms with Crippen LogP contribution in [0.25, 0.3) is 11.5 Å². The van der Waals surface area contributed by atoms with Crippen LogP contribution in [0.15, 0.2) is 17.0 Å². The van der Waals surface area contributed by atoms with E-state index < -0.39 is 0 Å². The Morgan fingerprint density at radius 1 is 1.59 bits per heavy atom. The van der Waals surface area contributed by atoms with Crippen LogP contribution in [0, 0.1) is 0 Å². The minimum absolute atomic E-state index is 0.0560. The Hall–Kier alpha value is -1.73. The summed E-state index contributed by atoms with van der Waals surface area (Å²) in [5, 5.41) is 16.5. The first kappa shape index (κ1) is 10.4. The molecule has 7 nitrogen and oxygen atoms in total. The van der Waals surface area contributed by atoms with Gasteiger partial charge in [-0.3, -0.25) is 0 Å². The molecular formula is C10H13N5O2. The molecule has 1 aliphatic heterocycles. The van der Waals surface area contributed by atoms with Gasteiger partial charge in [0.25, 0.3) is 0 Å². The number of hydrogen-bond donors (Lipinski definition) is 2. The zero-order valence-electron chi connectivity index (χ0n) is 9.37. The number of nitrogens with zero attached hydrogens (tertiary/aromatic N) is 4. The number of aliphatic hydroxyl groups is 1. The molecule has 2 atom stereocenters. The van der Waals surface area contributed by atoms with Gasteiger partial charge in [0, 0.05) is 13.6 Å². The number of imidazole rings is 1. The van der Waals surface area contributed by atoms with Gasteiger partial charge in [-0.2, -0.15) is 4.98 Å². The lowest BCUT2D eigenvalue weighted by Crippen LogP contribution is -2.15. The van der Waals surface area contributed by atoms with Crippen LogP contribution in [-0.4, -0.2) is 37.4 Å². The highest BCUT2D eigenvalue weighted by Gasteiger charge is 2.28. The number of aromatic nitrogens is 4. The van der Waals surface area contributed by atoms with Crippen LogP contribution in [0.3, 0.4) is 0 Å². The van der Waals surface area contributed by atoms with Crippen LogP contribution >= 0.6 is 0 Å². The third kappa shape index (κ3) is 1.83. The molecule has 0 saturated carbocycles. The van der Waals surface area contributed by atoms with E-state index in [1.165, 1.54) is 0 Å². The highest BCUT2D eigenvalue weighted by atomic mass is 16.5. The van der Waals surface area contributed by atoms with Crippen LogP contribution in [0.5, 0.6) is 0 Å². The van der Waals surface area contributed by atoms with Crippen molar-refractivity contribution in [3.8, 4) is 11.5 Å². The Balaban J connectivity index is 1.86. The predicted octanol–water partition coefficient (Wildman–Crippen LogP) is -0.135. The number of hydrogen-bond acceptors (Lipinski definition) is 6. The minimum atomic E-state index is -0.341. The summed E-state index contributed by atoms with van der Waals surface area (Å²) in [4.78, 5) is 8.32. The Labute approximate surface area is 97.5 Å². The third-order valence-corrected chi connectivity index (χ3v) is 2.89. The highest BCUT2D eigenvalue weighted by Crippen LogP contribution is 2.24. The van der Waals surface area contributed by atoms with E-state index in [1.54, 1.807) is 12.5 Å². The molecule has 1 saturated heterocycles. The van der Waals surface area contributed by atoms with Gasteiger partial charge in [0.2, 0.25) is 11.7 Å². The SMILES string of the molecule is Cn1cncc1-c1noc([C@@H]2C[C@H](O)CN2)n1. The van der Waals surface area contributed by atoms with Crippen molar-refractivity contribution in [3.63, 3.8) is 0 Å². The summed E-state index contributed by atoms with van der Waals surface area (Å²) in [5.74, 6) is 1.03. The highest BCUT2D eigenvalue weighted by molar-refractivity contribution is 5.47. The summed E-state index contributed by atoms with van der Waals surface area (Å²) < 4.78 is 7.02. The lowest BCUT2D eigenvalue weighted by atomic mass is 10.2. The van der Waals surface area contributed by atoms with Gasteiger partial charge in [0.05, 0.1) is 24.7 Å². The molecule has 2 aromatic rings. The molecule has 1 fully saturated rings. The molecule has 3 heterocycles. The van der Waals surface area contributed by atoms with Crippen LogP contribution < -0.4 is 5.32 Å². The maximum atomic E-state index is 9.43. The van der Waals surface area contributed by atoms with Crippen LogP contribution in [0.4, 0.5) is 0 Å². The molecular weight excluding hydrogens is 222 g/mol. The van der Waals surface area contributed by atoms with Crippen LogP contribution in [0.1, 0.15) is 18.4 Å². The fourth-order valence-electron chi connectivity index (χ4n) is 1.96. The molecule has 0 aliphatic carbocycles. The van der Waals surface area contributed by atoms with Crippen LogP contribution in [0.2, 0.25) is 0 Å². The summed E-state index contributed by atoms with van der Waals surface area (Å²) in [7, 11) is 1.87. The molecule has 0 bridgehead atoms. The van der Waals surface area contributed by atoms with Crippen molar-refractivity contribution in [3.05, 3.63) is 18.4 Å². The van der Waals surface area contributed by atoms with E-state index in [0.717, 1.165) is 5.69 Å². The van der Waals surface area contributed by atoms with E-state index in [9.17, 15) is 5.11 Å². The smallest absolute Gasteiger partial charge is 0.244 e. The van der Waals surface area contributed by atoms with Gasteiger partial charge in [-0.05, 0) is 6.42 Å². The minimum Gasteiger partial charge on any atom is -0.392 e. The van der Waals surface area contributed by atoms with E-state index >= 15 is 0 Å². The van der Waals surface area contributed by atoms with E-state index in [-0.39, 0.29) is 12.1 Å². The molecule has 17 heavy (non-hydrogen) atoms. The summed E-state index contributed by atoms with van der Waals surface area (Å²) in [5.41, 5.74) is 0.804. The molecule has 3 rings (SSSR count). The zero-order chi connectivity index (χ0) is 11.8. The number of aliphatic hydroxyl groups excluding tert-OH is 1. The molecule has 0 unspecified atom stereocenters. The average molecular weight is 235 g/mol. The zero-order valence-corrected chi connectivity index (χ0v) is 9.37. The molecule has 2 aromatic heterocycles. The van der Waals surface area contributed by atoms with Crippen molar-refractivity contribution in [2.75, 3.05) is 6.54 Å². The summed E-state index contributed by atoms with van der Waals surface area (Å²) in [6.45, 7) is 0.564. The number of nitrogens with one attached hydrogen (secondary N) is 1. The van der Waals surface area contributed by atoms with Gasteiger partial charge in [-0.25, -0.2) is 4.98 Å². The van der Waals surface area contributed by atoms with E-state index in [4.69, 9.17) is 4.52 Å². The van der Waals surface area contributed by atoms with E-state index in [0.29, 0.717) is 24.7 Å². The monoisotopic (exact) mass is 235 g/mol. The van der Waals surface area contributed by atoms with Crippen molar-refractivity contribution >= 4 is 0 Å². The largest absolute Gasteiger partial charge is 0.392 e. The second-order valence-corrected chi connectivity index (χ2v) is 4.20. The van der Waals surface area contributed by atoms with Crippen molar-refractivity contribution in [2.45, 2.75) is 18.6 Å². The first-order valence-corrected chi connectivity index (χ1v) is 5.46. The Morgan fingerprint density at radius 2 is 2.47 bits per heavy atom. The maximum absolute atomic E-state index is 9.43. The molecule has 7 heteroatoms. The third-order valence-electron chi connectivity index (χ3n) is 2.89.